The molecule has 0 aromatic heterocycles. The van der Waals surface area contributed by atoms with Crippen LogP contribution in [0.2, 0.25) is 5.02 Å². The van der Waals surface area contributed by atoms with Gasteiger partial charge in [-0.05, 0) is 56.4 Å². The van der Waals surface area contributed by atoms with Gasteiger partial charge in [-0.15, -0.1) is 24.0 Å². The number of aryl methyl sites for hydroxylation is 1. The minimum Gasteiger partial charge on any atom is -0.307 e. The number of amidine groups is 2. The summed E-state index contributed by atoms with van der Waals surface area (Å²) in [5, 5.41) is 1.73. The first-order chi connectivity index (χ1) is 13.1. The van der Waals surface area contributed by atoms with Crippen LogP contribution in [0.25, 0.3) is 0 Å². The van der Waals surface area contributed by atoms with Crippen molar-refractivity contribution in [2.45, 2.75) is 44.6 Å². The summed E-state index contributed by atoms with van der Waals surface area (Å²) in [7, 11) is 0. The van der Waals surface area contributed by atoms with E-state index < -0.39 is 0 Å². The number of anilines is 1. The van der Waals surface area contributed by atoms with Crippen LogP contribution in [0.5, 0.6) is 0 Å². The number of rotatable bonds is 2. The van der Waals surface area contributed by atoms with Crippen molar-refractivity contribution in [3.05, 3.63) is 59.1 Å². The Morgan fingerprint density at radius 1 is 1.07 bits per heavy atom. The third-order valence-corrected chi connectivity index (χ3v) is 6.31. The molecule has 1 heterocycles. The van der Waals surface area contributed by atoms with E-state index in [9.17, 15) is 0 Å². The van der Waals surface area contributed by atoms with Gasteiger partial charge >= 0.3 is 0 Å². The van der Waals surface area contributed by atoms with E-state index in [4.69, 9.17) is 21.6 Å². The predicted octanol–water partition coefficient (Wildman–Crippen LogP) is 7.24. The molecule has 1 fully saturated rings. The minimum absolute atomic E-state index is 0. The number of nitrogens with zero attached hydrogens (tertiary/aromatic N) is 3. The fraction of sp³-hybridized carbons (Fsp3) is 0.364. The van der Waals surface area contributed by atoms with E-state index in [0.717, 1.165) is 29.5 Å². The Balaban J connectivity index is 0.00000225. The van der Waals surface area contributed by atoms with Crippen LogP contribution in [-0.2, 0) is 0 Å². The van der Waals surface area contributed by atoms with Crippen LogP contribution in [0.4, 0.5) is 11.4 Å². The number of hydrogen-bond acceptors (Lipinski definition) is 3. The van der Waals surface area contributed by atoms with E-state index in [1.807, 2.05) is 24.3 Å². The molecule has 28 heavy (non-hydrogen) atoms. The van der Waals surface area contributed by atoms with Gasteiger partial charge in [0.2, 0.25) is 0 Å². The number of thioether (sulfide) groups is 1. The lowest BCUT2D eigenvalue weighted by Gasteiger charge is -2.42. The molecule has 0 unspecified atom stereocenters. The number of hydrogen-bond donors (Lipinski definition) is 0. The van der Waals surface area contributed by atoms with Crippen molar-refractivity contribution in [3.8, 4) is 0 Å². The predicted molar refractivity (Wildman–Crippen MR) is 134 cm³/mol. The van der Waals surface area contributed by atoms with Gasteiger partial charge in [-0.3, -0.25) is 0 Å². The van der Waals surface area contributed by atoms with Gasteiger partial charge in [0.25, 0.3) is 0 Å². The highest BCUT2D eigenvalue weighted by Crippen LogP contribution is 2.44. The first kappa shape index (κ1) is 21.7. The second kappa shape index (κ2) is 9.18. The molecule has 148 valence electrons. The van der Waals surface area contributed by atoms with E-state index in [1.54, 1.807) is 11.8 Å². The molecule has 0 atom stereocenters. The van der Waals surface area contributed by atoms with Crippen molar-refractivity contribution in [2.75, 3.05) is 11.2 Å². The van der Waals surface area contributed by atoms with Crippen molar-refractivity contribution in [1.82, 2.24) is 0 Å². The molecular weight excluding hydrogens is 501 g/mol. The Kier molecular flexibility index (Phi) is 7.10. The van der Waals surface area contributed by atoms with Crippen LogP contribution in [0.15, 0.2) is 58.5 Å². The summed E-state index contributed by atoms with van der Waals surface area (Å²) in [5.74, 6) is 0.925. The van der Waals surface area contributed by atoms with Gasteiger partial charge in [0.15, 0.2) is 11.0 Å². The highest BCUT2D eigenvalue weighted by Gasteiger charge is 2.49. The SMILES string of the molecule is CSC1=NC(=Nc2cccc(Cl)c2)C2(CCCCC2)N1c1ccc(C)cc1.I. The highest BCUT2D eigenvalue weighted by atomic mass is 127. The van der Waals surface area contributed by atoms with E-state index >= 15 is 0 Å². The van der Waals surface area contributed by atoms with Gasteiger partial charge in [-0.25, -0.2) is 9.98 Å². The maximum Gasteiger partial charge on any atom is 0.170 e. The standard InChI is InChI=1S/C22H24ClN3S.HI/c1-16-9-11-19(12-10-16)26-21(27-2)25-20(22(26)13-4-3-5-14-22)24-18-8-6-7-17(23)15-18;/h6-12,15H,3-5,13-14H2,1-2H3;1H. The molecule has 2 aromatic rings. The van der Waals surface area contributed by atoms with E-state index in [2.05, 4.69) is 42.3 Å². The zero-order valence-corrected chi connectivity index (χ0v) is 20.1. The molecule has 0 N–H and O–H groups in total. The lowest BCUT2D eigenvalue weighted by atomic mass is 9.79. The van der Waals surface area contributed by atoms with E-state index in [0.29, 0.717) is 5.02 Å². The van der Waals surface area contributed by atoms with Gasteiger partial charge in [-0.1, -0.05) is 66.4 Å². The molecule has 0 amide bonds. The van der Waals surface area contributed by atoms with Crippen LogP contribution in [0.1, 0.15) is 37.7 Å². The highest BCUT2D eigenvalue weighted by molar-refractivity contribution is 14.0. The maximum absolute atomic E-state index is 6.18. The molecule has 2 aliphatic rings. The zero-order chi connectivity index (χ0) is 18.9. The number of benzene rings is 2. The summed E-state index contributed by atoms with van der Waals surface area (Å²) in [4.78, 5) is 12.4. The largest absolute Gasteiger partial charge is 0.307 e. The maximum atomic E-state index is 6.18. The van der Waals surface area contributed by atoms with Crippen LogP contribution < -0.4 is 4.90 Å². The lowest BCUT2D eigenvalue weighted by molar-refractivity contribution is 0.385. The Morgan fingerprint density at radius 2 is 1.79 bits per heavy atom. The van der Waals surface area contributed by atoms with E-state index in [1.165, 1.54) is 30.5 Å². The van der Waals surface area contributed by atoms with Gasteiger partial charge in [0.05, 0.1) is 5.69 Å². The average molecular weight is 526 g/mol. The van der Waals surface area contributed by atoms with E-state index in [-0.39, 0.29) is 29.5 Å². The van der Waals surface area contributed by atoms with Crippen molar-refractivity contribution in [2.24, 2.45) is 9.98 Å². The molecule has 3 nitrogen and oxygen atoms in total. The third kappa shape index (κ3) is 4.12. The molecular formula is C22H25ClIN3S. The van der Waals surface area contributed by atoms with Gasteiger partial charge in [-0.2, -0.15) is 0 Å². The minimum atomic E-state index is -0.159. The second-order valence-electron chi connectivity index (χ2n) is 7.28. The fourth-order valence-electron chi connectivity index (χ4n) is 4.10. The lowest BCUT2D eigenvalue weighted by Crippen LogP contribution is -2.52. The van der Waals surface area contributed by atoms with Crippen molar-refractivity contribution in [1.29, 1.82) is 0 Å². The fourth-order valence-corrected chi connectivity index (χ4v) is 4.92. The summed E-state index contributed by atoms with van der Waals surface area (Å²) in [6.45, 7) is 2.12. The first-order valence-corrected chi connectivity index (χ1v) is 11.1. The molecule has 0 radical (unpaired) electrons. The van der Waals surface area contributed by atoms with Crippen LogP contribution in [0.3, 0.4) is 0 Å². The van der Waals surface area contributed by atoms with Crippen LogP contribution in [-0.4, -0.2) is 22.8 Å². The summed E-state index contributed by atoms with van der Waals surface area (Å²) >= 11 is 7.88. The molecule has 1 aliphatic heterocycles. The Morgan fingerprint density at radius 3 is 2.43 bits per heavy atom. The number of aliphatic imine (C=N–C) groups is 2. The summed E-state index contributed by atoms with van der Waals surface area (Å²) in [6, 6.07) is 16.5. The van der Waals surface area contributed by atoms with Gasteiger partial charge in [0, 0.05) is 10.7 Å². The third-order valence-electron chi connectivity index (χ3n) is 5.44. The second-order valence-corrected chi connectivity index (χ2v) is 8.49. The quantitative estimate of drug-likeness (QED) is 0.387. The smallest absolute Gasteiger partial charge is 0.170 e. The summed E-state index contributed by atoms with van der Waals surface area (Å²) < 4.78 is 0. The summed E-state index contributed by atoms with van der Waals surface area (Å²) in [5.41, 5.74) is 3.18. The van der Waals surface area contributed by atoms with Crippen molar-refractivity contribution in [3.63, 3.8) is 0 Å². The molecule has 0 saturated heterocycles. The van der Waals surface area contributed by atoms with Crippen molar-refractivity contribution < 1.29 is 0 Å². The Labute approximate surface area is 193 Å². The molecule has 2 aromatic carbocycles. The average Bonchev–Trinajstić information content (AvgIpc) is 2.96. The normalized spacial score (nSPS) is 19.6. The van der Waals surface area contributed by atoms with Crippen LogP contribution >= 0.6 is 47.3 Å². The molecule has 0 bridgehead atoms. The topological polar surface area (TPSA) is 28.0 Å². The molecule has 1 aliphatic carbocycles. The zero-order valence-electron chi connectivity index (χ0n) is 16.2. The first-order valence-electron chi connectivity index (χ1n) is 9.47. The Bertz CT molecular complexity index is 889. The van der Waals surface area contributed by atoms with Gasteiger partial charge in [0.1, 0.15) is 5.54 Å². The Hall–Kier alpha value is -1.05. The van der Waals surface area contributed by atoms with Crippen molar-refractivity contribution >= 4 is 69.7 Å². The molecule has 6 heteroatoms. The van der Waals surface area contributed by atoms with Crippen LogP contribution in [0, 0.1) is 6.92 Å². The summed E-state index contributed by atoms with van der Waals surface area (Å²) in [6.07, 6.45) is 7.94. The van der Waals surface area contributed by atoms with Gasteiger partial charge < -0.3 is 4.90 Å². The molecule has 1 saturated carbocycles. The molecule has 4 rings (SSSR count). The number of halogens is 2. The monoisotopic (exact) mass is 525 g/mol. The molecule has 1 spiro atoms.